The van der Waals surface area contributed by atoms with Crippen LogP contribution in [0.25, 0.3) is 0 Å². The number of nitrogen functional groups attached to an aromatic ring is 1. The minimum absolute atomic E-state index is 0.531. The number of nitrogens with zero attached hydrogens (tertiary/aromatic N) is 8. The fourth-order valence-electron chi connectivity index (χ4n) is 5.33. The Morgan fingerprint density at radius 1 is 0.675 bits per heavy atom. The highest BCUT2D eigenvalue weighted by molar-refractivity contribution is 5.60. The summed E-state index contributed by atoms with van der Waals surface area (Å²) in [5, 5.41) is 3.34. The molecule has 2 aliphatic rings. The lowest BCUT2D eigenvalue weighted by Gasteiger charge is -2.34. The van der Waals surface area contributed by atoms with Gasteiger partial charge in [0, 0.05) is 68.8 Å². The Morgan fingerprint density at radius 3 is 2.02 bits per heavy atom. The highest BCUT2D eigenvalue weighted by atomic mass is 15.4. The van der Waals surface area contributed by atoms with Crippen LogP contribution in [0.2, 0.25) is 0 Å². The van der Waals surface area contributed by atoms with E-state index >= 15 is 0 Å². The third kappa shape index (κ3) is 6.22. The first-order valence-corrected chi connectivity index (χ1v) is 14.2. The van der Waals surface area contributed by atoms with E-state index < -0.39 is 0 Å². The second-order valence-electron chi connectivity index (χ2n) is 10.4. The summed E-state index contributed by atoms with van der Waals surface area (Å²) in [7, 11) is 0. The Hall–Kier alpha value is -4.47. The van der Waals surface area contributed by atoms with E-state index in [0.717, 1.165) is 56.9 Å². The molecular formula is C30H36N10. The smallest absolute Gasteiger partial charge is 0.231 e. The molecule has 0 radical (unpaired) electrons. The third-order valence-corrected chi connectivity index (χ3v) is 7.62. The normalized spacial score (nSPS) is 16.1. The molecule has 206 valence electrons. The molecular weight excluding hydrogens is 500 g/mol. The van der Waals surface area contributed by atoms with Gasteiger partial charge in [-0.2, -0.15) is 9.97 Å². The average molecular weight is 537 g/mol. The highest BCUT2D eigenvalue weighted by Gasteiger charge is 2.22. The van der Waals surface area contributed by atoms with Crippen LogP contribution in [0.3, 0.4) is 0 Å². The van der Waals surface area contributed by atoms with E-state index in [4.69, 9.17) is 10.7 Å². The molecule has 6 rings (SSSR count). The van der Waals surface area contributed by atoms with Gasteiger partial charge in [-0.25, -0.2) is 15.0 Å². The molecule has 10 nitrogen and oxygen atoms in total. The lowest BCUT2D eigenvalue weighted by Crippen LogP contribution is -2.47. The summed E-state index contributed by atoms with van der Waals surface area (Å²) in [5.41, 5.74) is 10.7. The Bertz CT molecular complexity index is 1380. The van der Waals surface area contributed by atoms with Crippen LogP contribution < -0.4 is 25.8 Å². The molecule has 0 bridgehead atoms. The molecule has 0 atom stereocenters. The van der Waals surface area contributed by atoms with Crippen molar-refractivity contribution in [2.75, 3.05) is 65.0 Å². The Balaban J connectivity index is 1.05. The molecule has 2 aromatic heterocycles. The van der Waals surface area contributed by atoms with E-state index in [1.165, 1.54) is 36.9 Å². The maximum absolute atomic E-state index is 6.30. The van der Waals surface area contributed by atoms with E-state index in [-0.39, 0.29) is 0 Å². The molecule has 2 aromatic carbocycles. The number of piperazine rings is 1. The third-order valence-electron chi connectivity index (χ3n) is 7.62. The predicted octanol–water partition coefficient (Wildman–Crippen LogP) is 4.29. The van der Waals surface area contributed by atoms with Crippen molar-refractivity contribution >= 4 is 35.0 Å². The van der Waals surface area contributed by atoms with Gasteiger partial charge in [0.25, 0.3) is 0 Å². The number of benzene rings is 2. The minimum Gasteiger partial charge on any atom is -0.383 e. The summed E-state index contributed by atoms with van der Waals surface area (Å²) in [6, 6.07) is 18.8. The largest absolute Gasteiger partial charge is 0.383 e. The maximum Gasteiger partial charge on any atom is 0.231 e. The Labute approximate surface area is 235 Å². The molecule has 10 heteroatoms. The van der Waals surface area contributed by atoms with Crippen molar-refractivity contribution in [1.29, 1.82) is 0 Å². The molecule has 0 saturated carbocycles. The zero-order chi connectivity index (χ0) is 27.1. The lowest BCUT2D eigenvalue weighted by atomic mass is 10.1. The number of nitrogens with two attached hydrogens (primary N) is 1. The first kappa shape index (κ1) is 25.8. The van der Waals surface area contributed by atoms with Crippen LogP contribution in [0, 0.1) is 0 Å². The van der Waals surface area contributed by atoms with Gasteiger partial charge in [0.2, 0.25) is 17.8 Å². The van der Waals surface area contributed by atoms with Crippen LogP contribution in [-0.4, -0.2) is 64.2 Å². The van der Waals surface area contributed by atoms with Crippen molar-refractivity contribution in [3.8, 4) is 0 Å². The van der Waals surface area contributed by atoms with Crippen molar-refractivity contribution < 1.29 is 0 Å². The van der Waals surface area contributed by atoms with Gasteiger partial charge in [-0.1, -0.05) is 43.2 Å². The second-order valence-corrected chi connectivity index (χ2v) is 10.4. The molecule has 40 heavy (non-hydrogen) atoms. The van der Waals surface area contributed by atoms with Gasteiger partial charge in [0.05, 0.1) is 0 Å². The van der Waals surface area contributed by atoms with Gasteiger partial charge in [-0.15, -0.1) is 0 Å². The van der Waals surface area contributed by atoms with Crippen LogP contribution in [0.4, 0.5) is 35.0 Å². The molecule has 2 fully saturated rings. The van der Waals surface area contributed by atoms with Gasteiger partial charge in [0.15, 0.2) is 0 Å². The topological polar surface area (TPSA) is 112 Å². The molecule has 2 aliphatic heterocycles. The first-order valence-electron chi connectivity index (χ1n) is 14.2. The van der Waals surface area contributed by atoms with Crippen LogP contribution in [0.1, 0.15) is 36.8 Å². The lowest BCUT2D eigenvalue weighted by molar-refractivity contribution is 0.627. The maximum atomic E-state index is 6.30. The standard InChI is InChI=1S/C30H36N10/c31-27-24(20-23-8-4-3-5-9-23)21-32-29(36-27)39-16-18-40(19-17-39)30-34-22-33-28(37-30)35-25-10-12-26(13-11-25)38-14-6-1-2-7-15-38/h3-5,8-13,21-22H,1-2,6-7,14-20H2,(H2,31,32,36)(H,33,34,35,37). The fourth-order valence-corrected chi connectivity index (χ4v) is 5.33. The Morgan fingerprint density at radius 2 is 1.35 bits per heavy atom. The summed E-state index contributed by atoms with van der Waals surface area (Å²) in [6.45, 7) is 5.28. The van der Waals surface area contributed by atoms with Gasteiger partial charge >= 0.3 is 0 Å². The van der Waals surface area contributed by atoms with Gasteiger partial charge in [-0.05, 0) is 42.7 Å². The van der Waals surface area contributed by atoms with Gasteiger partial charge in [-0.3, -0.25) is 0 Å². The zero-order valence-corrected chi connectivity index (χ0v) is 22.8. The van der Waals surface area contributed by atoms with Crippen molar-refractivity contribution in [2.45, 2.75) is 32.1 Å². The van der Waals surface area contributed by atoms with Crippen molar-refractivity contribution in [3.63, 3.8) is 0 Å². The molecule has 3 N–H and O–H groups in total. The minimum atomic E-state index is 0.531. The number of nitrogens with one attached hydrogen (secondary N) is 1. The van der Waals surface area contributed by atoms with E-state index in [2.05, 4.69) is 76.4 Å². The van der Waals surface area contributed by atoms with Crippen molar-refractivity contribution in [1.82, 2.24) is 24.9 Å². The van der Waals surface area contributed by atoms with Crippen LogP contribution in [0.5, 0.6) is 0 Å². The van der Waals surface area contributed by atoms with Crippen molar-refractivity contribution in [3.05, 3.63) is 78.2 Å². The second kappa shape index (κ2) is 12.1. The average Bonchev–Trinajstić information content (AvgIpc) is 3.29. The highest BCUT2D eigenvalue weighted by Crippen LogP contribution is 2.24. The summed E-state index contributed by atoms with van der Waals surface area (Å²) in [5.74, 6) is 2.40. The van der Waals surface area contributed by atoms with Crippen LogP contribution in [-0.2, 0) is 6.42 Å². The predicted molar refractivity (Wildman–Crippen MR) is 160 cm³/mol. The number of aromatic nitrogens is 5. The van der Waals surface area contributed by atoms with E-state index in [1.54, 1.807) is 6.33 Å². The number of anilines is 6. The van der Waals surface area contributed by atoms with E-state index in [1.807, 2.05) is 24.4 Å². The monoisotopic (exact) mass is 536 g/mol. The number of rotatable bonds is 7. The quantitative estimate of drug-likeness (QED) is 0.355. The molecule has 4 heterocycles. The molecule has 2 saturated heterocycles. The van der Waals surface area contributed by atoms with E-state index in [0.29, 0.717) is 23.7 Å². The Kier molecular flexibility index (Phi) is 7.83. The van der Waals surface area contributed by atoms with Gasteiger partial charge < -0.3 is 25.8 Å². The molecule has 4 aromatic rings. The molecule has 0 unspecified atom stereocenters. The molecule has 0 spiro atoms. The van der Waals surface area contributed by atoms with Gasteiger partial charge in [0.1, 0.15) is 12.1 Å². The zero-order valence-electron chi connectivity index (χ0n) is 22.8. The molecule has 0 aliphatic carbocycles. The SMILES string of the molecule is Nc1nc(N2CCN(c3ncnc(Nc4ccc(N5CCCCCC5)cc4)n3)CC2)ncc1Cc1ccccc1. The van der Waals surface area contributed by atoms with E-state index in [9.17, 15) is 0 Å². The molecule has 0 amide bonds. The van der Waals surface area contributed by atoms with Crippen LogP contribution >= 0.6 is 0 Å². The fraction of sp³-hybridized carbons (Fsp3) is 0.367. The summed E-state index contributed by atoms with van der Waals surface area (Å²) in [4.78, 5) is 29.5. The number of hydrogen-bond acceptors (Lipinski definition) is 10. The summed E-state index contributed by atoms with van der Waals surface area (Å²) in [6.07, 6.45) is 9.33. The summed E-state index contributed by atoms with van der Waals surface area (Å²) < 4.78 is 0. The van der Waals surface area contributed by atoms with Crippen LogP contribution in [0.15, 0.2) is 67.1 Å². The first-order chi connectivity index (χ1) is 19.7. The number of hydrogen-bond donors (Lipinski definition) is 2. The van der Waals surface area contributed by atoms with Crippen molar-refractivity contribution in [2.24, 2.45) is 0 Å². The summed E-state index contributed by atoms with van der Waals surface area (Å²) >= 11 is 0.